The van der Waals surface area contributed by atoms with Gasteiger partial charge < -0.3 is 4.90 Å². The zero-order valence-electron chi connectivity index (χ0n) is 16.4. The van der Waals surface area contributed by atoms with Crippen molar-refractivity contribution in [2.45, 2.75) is 44.4 Å². The summed E-state index contributed by atoms with van der Waals surface area (Å²) in [6, 6.07) is 11.1. The highest BCUT2D eigenvalue weighted by molar-refractivity contribution is 7.89. The molecule has 0 N–H and O–H groups in total. The van der Waals surface area contributed by atoms with E-state index < -0.39 is 10.0 Å². The fourth-order valence-corrected chi connectivity index (χ4v) is 5.79. The van der Waals surface area contributed by atoms with Crippen LogP contribution in [0.25, 0.3) is 0 Å². The Hall–Kier alpha value is -2.18. The Balaban J connectivity index is 1.68. The Morgan fingerprint density at radius 3 is 2.39 bits per heavy atom. The summed E-state index contributed by atoms with van der Waals surface area (Å²) in [5, 5.41) is 0. The van der Waals surface area contributed by atoms with Gasteiger partial charge in [0.1, 0.15) is 0 Å². The lowest BCUT2D eigenvalue weighted by molar-refractivity contribution is 0.0984. The topological polar surface area (TPSA) is 57.7 Å². The van der Waals surface area contributed by atoms with Crippen molar-refractivity contribution >= 4 is 21.6 Å². The molecule has 1 saturated heterocycles. The summed E-state index contributed by atoms with van der Waals surface area (Å²) in [5.41, 5.74) is 4.56. The van der Waals surface area contributed by atoms with Crippen LogP contribution in [0.2, 0.25) is 0 Å². The number of fused-ring (bicyclic) bond motifs is 1. The van der Waals surface area contributed by atoms with Crippen LogP contribution in [-0.2, 0) is 16.4 Å². The van der Waals surface area contributed by atoms with Gasteiger partial charge in [0.05, 0.1) is 4.90 Å². The summed E-state index contributed by atoms with van der Waals surface area (Å²) in [6.45, 7) is 5.81. The lowest BCUT2D eigenvalue weighted by Gasteiger charge is -2.30. The lowest BCUT2D eigenvalue weighted by Crippen LogP contribution is -2.36. The zero-order chi connectivity index (χ0) is 19.9. The zero-order valence-corrected chi connectivity index (χ0v) is 17.3. The van der Waals surface area contributed by atoms with Gasteiger partial charge in [0.15, 0.2) is 0 Å². The van der Waals surface area contributed by atoms with Crippen LogP contribution in [0.5, 0.6) is 0 Å². The van der Waals surface area contributed by atoms with E-state index in [9.17, 15) is 13.2 Å². The second-order valence-corrected chi connectivity index (χ2v) is 9.72. The second-order valence-electron chi connectivity index (χ2n) is 7.78. The fourth-order valence-electron chi connectivity index (χ4n) is 4.22. The van der Waals surface area contributed by atoms with Gasteiger partial charge in [-0.3, -0.25) is 4.79 Å². The summed E-state index contributed by atoms with van der Waals surface area (Å²) < 4.78 is 27.3. The molecule has 2 aromatic carbocycles. The average molecular weight is 399 g/mol. The first-order valence-electron chi connectivity index (χ1n) is 9.90. The van der Waals surface area contributed by atoms with Crippen LogP contribution < -0.4 is 4.90 Å². The van der Waals surface area contributed by atoms with E-state index in [-0.39, 0.29) is 5.91 Å². The van der Waals surface area contributed by atoms with E-state index in [4.69, 9.17) is 0 Å². The molecule has 148 valence electrons. The standard InChI is InChI=1S/C22H26N2O3S/c1-16-7-9-20(17(2)14-16)22(25)24-13-5-6-18-15-19(8-10-21(18)24)28(26,27)23-11-3-4-12-23/h7-10,14-15H,3-6,11-13H2,1-2H3. The largest absolute Gasteiger partial charge is 0.308 e. The van der Waals surface area contributed by atoms with Crippen LogP contribution in [0.15, 0.2) is 41.3 Å². The minimum Gasteiger partial charge on any atom is -0.308 e. The van der Waals surface area contributed by atoms with E-state index in [1.165, 1.54) is 0 Å². The first kappa shape index (κ1) is 19.2. The Labute approximate surface area is 167 Å². The molecule has 0 spiro atoms. The number of carbonyl (C=O) groups is 1. The summed E-state index contributed by atoms with van der Waals surface area (Å²) in [7, 11) is -3.44. The Bertz CT molecular complexity index is 1020. The third kappa shape index (κ3) is 3.35. The number of rotatable bonds is 3. The molecule has 2 heterocycles. The van der Waals surface area contributed by atoms with E-state index in [1.807, 2.05) is 32.0 Å². The van der Waals surface area contributed by atoms with E-state index in [0.29, 0.717) is 30.1 Å². The van der Waals surface area contributed by atoms with Gasteiger partial charge in [-0.2, -0.15) is 4.31 Å². The smallest absolute Gasteiger partial charge is 0.258 e. The van der Waals surface area contributed by atoms with Gasteiger partial charge in [-0.15, -0.1) is 0 Å². The predicted molar refractivity (Wildman–Crippen MR) is 110 cm³/mol. The number of aryl methyl sites for hydroxylation is 3. The van der Waals surface area contributed by atoms with Crippen molar-refractivity contribution in [3.63, 3.8) is 0 Å². The van der Waals surface area contributed by atoms with E-state index in [1.54, 1.807) is 27.4 Å². The van der Waals surface area contributed by atoms with E-state index >= 15 is 0 Å². The van der Waals surface area contributed by atoms with Crippen molar-refractivity contribution in [3.8, 4) is 0 Å². The van der Waals surface area contributed by atoms with Crippen LogP contribution in [0, 0.1) is 13.8 Å². The first-order valence-corrected chi connectivity index (χ1v) is 11.3. The minimum absolute atomic E-state index is 0.0198. The predicted octanol–water partition coefficient (Wildman–Crippen LogP) is 3.68. The third-order valence-electron chi connectivity index (χ3n) is 5.73. The van der Waals surface area contributed by atoms with Crippen LogP contribution in [0.1, 0.15) is 46.3 Å². The van der Waals surface area contributed by atoms with Gasteiger partial charge in [0, 0.05) is 30.9 Å². The molecule has 2 aliphatic heterocycles. The van der Waals surface area contributed by atoms with Crippen molar-refractivity contribution in [2.75, 3.05) is 24.5 Å². The molecule has 0 radical (unpaired) electrons. The summed E-state index contributed by atoms with van der Waals surface area (Å²) in [5.74, 6) is -0.0198. The number of amides is 1. The Morgan fingerprint density at radius 1 is 0.929 bits per heavy atom. The number of sulfonamides is 1. The normalized spacial score (nSPS) is 17.6. The van der Waals surface area contributed by atoms with Crippen molar-refractivity contribution in [3.05, 3.63) is 58.7 Å². The maximum atomic E-state index is 13.2. The van der Waals surface area contributed by atoms with E-state index in [2.05, 4.69) is 0 Å². The Kier molecular flexibility index (Phi) is 5.02. The van der Waals surface area contributed by atoms with Gasteiger partial charge in [-0.25, -0.2) is 8.42 Å². The molecule has 0 unspecified atom stereocenters. The van der Waals surface area contributed by atoms with Gasteiger partial charge in [0.25, 0.3) is 5.91 Å². The first-order chi connectivity index (χ1) is 13.4. The summed E-state index contributed by atoms with van der Waals surface area (Å²) in [4.78, 5) is 15.3. The van der Waals surface area contributed by atoms with Crippen LogP contribution in [0.3, 0.4) is 0 Å². The summed E-state index contributed by atoms with van der Waals surface area (Å²) in [6.07, 6.45) is 3.46. The molecule has 2 aliphatic rings. The van der Waals surface area contributed by atoms with Gasteiger partial charge in [-0.05, 0) is 74.9 Å². The van der Waals surface area contributed by atoms with Crippen molar-refractivity contribution < 1.29 is 13.2 Å². The number of nitrogens with zero attached hydrogens (tertiary/aromatic N) is 2. The maximum Gasteiger partial charge on any atom is 0.258 e. The summed E-state index contributed by atoms with van der Waals surface area (Å²) >= 11 is 0. The molecule has 0 bridgehead atoms. The number of anilines is 1. The van der Waals surface area contributed by atoms with Crippen LogP contribution in [0.4, 0.5) is 5.69 Å². The average Bonchev–Trinajstić information content (AvgIpc) is 3.22. The van der Waals surface area contributed by atoms with Crippen LogP contribution >= 0.6 is 0 Å². The Morgan fingerprint density at radius 2 is 1.68 bits per heavy atom. The number of hydrogen-bond donors (Lipinski definition) is 0. The SMILES string of the molecule is Cc1ccc(C(=O)N2CCCc3cc(S(=O)(=O)N4CCCC4)ccc32)c(C)c1. The van der Waals surface area contributed by atoms with Gasteiger partial charge in [0.2, 0.25) is 10.0 Å². The molecule has 0 saturated carbocycles. The molecule has 4 rings (SSSR count). The maximum absolute atomic E-state index is 13.2. The van der Waals surface area contributed by atoms with Crippen molar-refractivity contribution in [1.82, 2.24) is 4.31 Å². The second kappa shape index (κ2) is 7.33. The molecule has 1 fully saturated rings. The highest BCUT2D eigenvalue weighted by atomic mass is 32.2. The van der Waals surface area contributed by atoms with Crippen molar-refractivity contribution in [1.29, 1.82) is 0 Å². The highest BCUT2D eigenvalue weighted by Gasteiger charge is 2.30. The van der Waals surface area contributed by atoms with Gasteiger partial charge >= 0.3 is 0 Å². The molecule has 28 heavy (non-hydrogen) atoms. The molecule has 1 amide bonds. The molecule has 0 aliphatic carbocycles. The molecular formula is C22H26N2O3S. The van der Waals surface area contributed by atoms with Gasteiger partial charge in [-0.1, -0.05) is 17.7 Å². The lowest BCUT2D eigenvalue weighted by atomic mass is 9.99. The molecule has 2 aromatic rings. The monoisotopic (exact) mass is 398 g/mol. The number of carbonyl (C=O) groups excluding carboxylic acids is 1. The number of benzene rings is 2. The van der Waals surface area contributed by atoms with E-state index in [0.717, 1.165) is 48.1 Å². The quantitative estimate of drug-likeness (QED) is 0.792. The van der Waals surface area contributed by atoms with Crippen LogP contribution in [-0.4, -0.2) is 38.3 Å². The van der Waals surface area contributed by atoms with Crippen molar-refractivity contribution in [2.24, 2.45) is 0 Å². The highest BCUT2D eigenvalue weighted by Crippen LogP contribution is 2.32. The third-order valence-corrected chi connectivity index (χ3v) is 7.62. The molecule has 6 heteroatoms. The molecule has 0 aromatic heterocycles. The number of hydrogen-bond acceptors (Lipinski definition) is 3. The minimum atomic E-state index is -3.44. The fraction of sp³-hybridized carbons (Fsp3) is 0.409. The molecular weight excluding hydrogens is 372 g/mol. The molecule has 5 nitrogen and oxygen atoms in total. The molecule has 0 atom stereocenters.